The maximum absolute atomic E-state index is 11.7. The van der Waals surface area contributed by atoms with Crippen molar-refractivity contribution >= 4 is 11.9 Å². The molecule has 1 saturated carbocycles. The lowest BCUT2D eigenvalue weighted by Crippen LogP contribution is -2.21. The third-order valence-corrected chi connectivity index (χ3v) is 4.55. The third kappa shape index (κ3) is 1.44. The standard InChI is InChI=1S/C14H16O4/c1-17-13(15)8-5-9-7-3-11(10(9)6-8)12(4-7)14(16)18-2/h4,6-7,9-11H,3,5H2,1-2H3. The molecular formula is C14H16O4. The largest absolute Gasteiger partial charge is 0.466 e. The number of carbonyl (C=O) groups excluding carboxylic acids is 2. The summed E-state index contributed by atoms with van der Waals surface area (Å²) in [4.78, 5) is 23.2. The number of esters is 2. The van der Waals surface area contributed by atoms with E-state index in [9.17, 15) is 9.59 Å². The summed E-state index contributed by atoms with van der Waals surface area (Å²) in [6, 6.07) is 0. The topological polar surface area (TPSA) is 52.6 Å². The summed E-state index contributed by atoms with van der Waals surface area (Å²) < 4.78 is 9.58. The van der Waals surface area contributed by atoms with E-state index in [0.29, 0.717) is 17.8 Å². The predicted octanol–water partition coefficient (Wildman–Crippen LogP) is 1.47. The second-order valence-corrected chi connectivity index (χ2v) is 5.25. The predicted molar refractivity (Wildman–Crippen MR) is 63.4 cm³/mol. The molecule has 2 bridgehead atoms. The van der Waals surface area contributed by atoms with Crippen LogP contribution in [0.1, 0.15) is 12.8 Å². The lowest BCUT2D eigenvalue weighted by molar-refractivity contribution is -0.137. The fraction of sp³-hybridized carbons (Fsp3) is 0.571. The SMILES string of the molecule is COC(=O)C1=CC2C3CC(C=C3C(=O)OC)C2C1. The number of carbonyl (C=O) groups is 2. The zero-order valence-corrected chi connectivity index (χ0v) is 10.5. The van der Waals surface area contributed by atoms with Gasteiger partial charge in [-0.3, -0.25) is 0 Å². The molecule has 0 heterocycles. The van der Waals surface area contributed by atoms with Crippen LogP contribution in [-0.4, -0.2) is 26.2 Å². The summed E-state index contributed by atoms with van der Waals surface area (Å²) in [7, 11) is 2.82. The van der Waals surface area contributed by atoms with Crippen LogP contribution in [0.2, 0.25) is 0 Å². The molecular weight excluding hydrogens is 232 g/mol. The summed E-state index contributed by atoms with van der Waals surface area (Å²) >= 11 is 0. The minimum atomic E-state index is -0.233. The van der Waals surface area contributed by atoms with Gasteiger partial charge in [0.2, 0.25) is 0 Å². The van der Waals surface area contributed by atoms with E-state index >= 15 is 0 Å². The van der Waals surface area contributed by atoms with Gasteiger partial charge in [0.15, 0.2) is 0 Å². The zero-order chi connectivity index (χ0) is 12.9. The molecule has 0 aromatic rings. The molecule has 0 aromatic heterocycles. The molecule has 4 heteroatoms. The minimum Gasteiger partial charge on any atom is -0.466 e. The van der Waals surface area contributed by atoms with E-state index in [1.54, 1.807) is 0 Å². The normalized spacial score (nSPS) is 35.9. The Balaban J connectivity index is 1.84. The first-order valence-corrected chi connectivity index (χ1v) is 6.24. The molecule has 96 valence electrons. The molecule has 0 aliphatic heterocycles. The molecule has 3 rings (SSSR count). The van der Waals surface area contributed by atoms with Crippen molar-refractivity contribution in [2.24, 2.45) is 23.7 Å². The van der Waals surface area contributed by atoms with Crippen molar-refractivity contribution in [3.8, 4) is 0 Å². The van der Waals surface area contributed by atoms with Crippen LogP contribution in [0.3, 0.4) is 0 Å². The molecule has 0 N–H and O–H groups in total. The number of hydrogen-bond donors (Lipinski definition) is 0. The molecule has 0 radical (unpaired) electrons. The Kier molecular flexibility index (Phi) is 2.54. The van der Waals surface area contributed by atoms with E-state index in [1.165, 1.54) is 14.2 Å². The van der Waals surface area contributed by atoms with E-state index in [0.717, 1.165) is 24.0 Å². The highest BCUT2D eigenvalue weighted by atomic mass is 16.5. The second-order valence-electron chi connectivity index (χ2n) is 5.25. The number of allylic oxidation sites excluding steroid dienone is 2. The minimum absolute atomic E-state index is 0.221. The molecule has 18 heavy (non-hydrogen) atoms. The van der Waals surface area contributed by atoms with Crippen LogP contribution in [0.15, 0.2) is 23.3 Å². The van der Waals surface area contributed by atoms with Crippen LogP contribution < -0.4 is 0 Å². The van der Waals surface area contributed by atoms with Gasteiger partial charge < -0.3 is 9.47 Å². The average Bonchev–Trinajstić information content (AvgIpc) is 3.06. The van der Waals surface area contributed by atoms with E-state index in [-0.39, 0.29) is 17.9 Å². The molecule has 1 fully saturated rings. The highest BCUT2D eigenvalue weighted by molar-refractivity contribution is 5.91. The molecule has 3 aliphatic rings. The highest BCUT2D eigenvalue weighted by Gasteiger charge is 2.52. The van der Waals surface area contributed by atoms with Crippen molar-refractivity contribution in [1.29, 1.82) is 0 Å². The van der Waals surface area contributed by atoms with Gasteiger partial charge in [-0.05, 0) is 36.5 Å². The van der Waals surface area contributed by atoms with Gasteiger partial charge in [0.1, 0.15) is 0 Å². The quantitative estimate of drug-likeness (QED) is 0.694. The summed E-state index contributed by atoms with van der Waals surface area (Å²) in [5.74, 6) is 0.965. The van der Waals surface area contributed by atoms with Crippen molar-refractivity contribution in [2.45, 2.75) is 12.8 Å². The van der Waals surface area contributed by atoms with E-state index < -0.39 is 0 Å². The van der Waals surface area contributed by atoms with E-state index in [2.05, 4.69) is 0 Å². The van der Waals surface area contributed by atoms with E-state index in [1.807, 2.05) is 12.2 Å². The van der Waals surface area contributed by atoms with Crippen LogP contribution in [0.5, 0.6) is 0 Å². The molecule has 4 nitrogen and oxygen atoms in total. The second kappa shape index (κ2) is 3.97. The molecule has 0 saturated heterocycles. The van der Waals surface area contributed by atoms with Crippen LogP contribution >= 0.6 is 0 Å². The zero-order valence-electron chi connectivity index (χ0n) is 10.5. The molecule has 0 amide bonds. The molecule has 0 spiro atoms. The van der Waals surface area contributed by atoms with Gasteiger partial charge in [0.25, 0.3) is 0 Å². The van der Waals surface area contributed by atoms with Gasteiger partial charge in [-0.15, -0.1) is 0 Å². The van der Waals surface area contributed by atoms with Crippen LogP contribution in [0, 0.1) is 23.7 Å². The smallest absolute Gasteiger partial charge is 0.333 e. The van der Waals surface area contributed by atoms with Crippen molar-refractivity contribution in [1.82, 2.24) is 0 Å². The van der Waals surface area contributed by atoms with Crippen LogP contribution in [-0.2, 0) is 19.1 Å². The number of methoxy groups -OCH3 is 2. The Morgan fingerprint density at radius 2 is 1.89 bits per heavy atom. The van der Waals surface area contributed by atoms with Crippen molar-refractivity contribution in [3.63, 3.8) is 0 Å². The maximum atomic E-state index is 11.7. The Bertz CT molecular complexity index is 474. The Morgan fingerprint density at radius 1 is 1.17 bits per heavy atom. The third-order valence-electron chi connectivity index (χ3n) is 4.55. The lowest BCUT2D eigenvalue weighted by Gasteiger charge is -2.23. The summed E-state index contributed by atoms with van der Waals surface area (Å²) in [6.07, 6.45) is 5.86. The van der Waals surface area contributed by atoms with Gasteiger partial charge in [-0.25, -0.2) is 9.59 Å². The number of fused-ring (bicyclic) bond motifs is 5. The first-order chi connectivity index (χ1) is 8.65. The summed E-state index contributed by atoms with van der Waals surface area (Å²) in [6.45, 7) is 0. The number of ether oxygens (including phenoxy) is 2. The molecule has 4 unspecified atom stereocenters. The molecule has 0 aromatic carbocycles. The van der Waals surface area contributed by atoms with Gasteiger partial charge in [0.05, 0.1) is 14.2 Å². The van der Waals surface area contributed by atoms with Gasteiger partial charge in [0, 0.05) is 11.1 Å². The van der Waals surface area contributed by atoms with E-state index in [4.69, 9.17) is 9.47 Å². The van der Waals surface area contributed by atoms with Gasteiger partial charge in [-0.2, -0.15) is 0 Å². The maximum Gasteiger partial charge on any atom is 0.333 e. The van der Waals surface area contributed by atoms with Crippen LogP contribution in [0.4, 0.5) is 0 Å². The van der Waals surface area contributed by atoms with Crippen molar-refractivity contribution < 1.29 is 19.1 Å². The lowest BCUT2D eigenvalue weighted by atomic mass is 9.81. The number of hydrogen-bond acceptors (Lipinski definition) is 4. The molecule has 3 aliphatic carbocycles. The first-order valence-electron chi connectivity index (χ1n) is 6.24. The first kappa shape index (κ1) is 11.5. The van der Waals surface area contributed by atoms with Crippen molar-refractivity contribution in [3.05, 3.63) is 23.3 Å². The van der Waals surface area contributed by atoms with Crippen molar-refractivity contribution in [2.75, 3.05) is 14.2 Å². The monoisotopic (exact) mass is 248 g/mol. The number of rotatable bonds is 2. The Hall–Kier alpha value is -1.58. The fourth-order valence-electron chi connectivity index (χ4n) is 3.79. The van der Waals surface area contributed by atoms with Gasteiger partial charge >= 0.3 is 11.9 Å². The fourth-order valence-corrected chi connectivity index (χ4v) is 3.79. The Labute approximate surface area is 106 Å². The highest BCUT2D eigenvalue weighted by Crippen LogP contribution is 2.57. The average molecular weight is 248 g/mol. The van der Waals surface area contributed by atoms with Crippen LogP contribution in [0.25, 0.3) is 0 Å². The Morgan fingerprint density at radius 3 is 2.56 bits per heavy atom. The molecule has 4 atom stereocenters. The summed E-state index contributed by atoms with van der Waals surface area (Å²) in [5, 5.41) is 0. The van der Waals surface area contributed by atoms with Gasteiger partial charge in [-0.1, -0.05) is 12.2 Å². The summed E-state index contributed by atoms with van der Waals surface area (Å²) in [5.41, 5.74) is 1.56.